The molecule has 0 bridgehead atoms. The minimum Gasteiger partial charge on any atom is -0.493 e. The van der Waals surface area contributed by atoms with Crippen molar-refractivity contribution < 1.29 is 37.4 Å². The van der Waals surface area contributed by atoms with Crippen molar-refractivity contribution in [2.75, 3.05) is 33.4 Å². The van der Waals surface area contributed by atoms with E-state index in [1.807, 2.05) is 130 Å². The van der Waals surface area contributed by atoms with Crippen LogP contribution in [0.3, 0.4) is 0 Å². The van der Waals surface area contributed by atoms with Gasteiger partial charge in [0.1, 0.15) is 28.8 Å². The molecule has 0 saturated carbocycles. The molecular formula is C52H55ClN4O8. The molecular weight excluding hydrogens is 844 g/mol. The van der Waals surface area contributed by atoms with Crippen LogP contribution in [0.1, 0.15) is 53.8 Å². The Balaban J connectivity index is 0.000000221. The van der Waals surface area contributed by atoms with Crippen LogP contribution in [0.25, 0.3) is 22.9 Å². The van der Waals surface area contributed by atoms with E-state index >= 15 is 0 Å². The maximum Gasteiger partial charge on any atom is 0.415 e. The summed E-state index contributed by atoms with van der Waals surface area (Å²) in [7, 11) is 1.40. The number of aryl methyl sites for hydroxylation is 2. The van der Waals surface area contributed by atoms with E-state index in [9.17, 15) is 9.59 Å². The van der Waals surface area contributed by atoms with Crippen molar-refractivity contribution in [1.82, 2.24) is 20.2 Å². The van der Waals surface area contributed by atoms with Crippen molar-refractivity contribution in [2.45, 2.75) is 59.5 Å². The van der Waals surface area contributed by atoms with E-state index < -0.39 is 6.09 Å². The van der Waals surface area contributed by atoms with E-state index in [1.165, 1.54) is 7.11 Å². The number of ether oxygens (including phenoxy) is 4. The minimum atomic E-state index is -0.405. The number of methoxy groups -OCH3 is 1. The molecule has 0 saturated heterocycles. The summed E-state index contributed by atoms with van der Waals surface area (Å²) in [6.45, 7) is 9.18. The number of benzene rings is 5. The number of carbonyl (C=O) groups is 2. The fraction of sp³-hybridized carbons (Fsp3) is 0.269. The molecule has 7 rings (SSSR count). The monoisotopic (exact) mass is 898 g/mol. The Hall–Kier alpha value is -6.89. The van der Waals surface area contributed by atoms with Gasteiger partial charge in [-0.3, -0.25) is 4.79 Å². The maximum atomic E-state index is 12.7. The molecule has 0 fully saturated rings. The molecule has 2 heterocycles. The zero-order chi connectivity index (χ0) is 45.8. The zero-order valence-corrected chi connectivity index (χ0v) is 38.0. The fourth-order valence-corrected chi connectivity index (χ4v) is 6.78. The number of nitrogens with zero attached hydrogens (tertiary/aromatic N) is 3. The number of halogens is 1. The summed E-state index contributed by atoms with van der Waals surface area (Å²) >= 11 is 5.99. The van der Waals surface area contributed by atoms with E-state index in [0.29, 0.717) is 81.2 Å². The highest BCUT2D eigenvalue weighted by molar-refractivity contribution is 6.30. The Morgan fingerprint density at radius 3 is 1.72 bits per heavy atom. The molecule has 12 nitrogen and oxygen atoms in total. The SMILES string of the molecule is CCCN(Cc1ccc(OCCc2nc(-c3ccccc3)oc2C)cc1)C(=O)Oc1cccc(Cl)c1.COC(=O)CCNCc1ccc(OCCc2nc(-c3ccccc3)oc2C)cc1. The van der Waals surface area contributed by atoms with Gasteiger partial charge >= 0.3 is 12.1 Å². The molecule has 0 aliphatic carbocycles. The Bertz CT molecular complexity index is 2530. The molecule has 338 valence electrons. The van der Waals surface area contributed by atoms with E-state index in [0.717, 1.165) is 63.1 Å². The lowest BCUT2D eigenvalue weighted by atomic mass is 10.2. The van der Waals surface area contributed by atoms with Gasteiger partial charge in [0, 0.05) is 55.2 Å². The van der Waals surface area contributed by atoms with Gasteiger partial charge in [-0.1, -0.05) is 85.3 Å². The minimum absolute atomic E-state index is 0.209. The van der Waals surface area contributed by atoms with Gasteiger partial charge in [-0.2, -0.15) is 0 Å². The lowest BCUT2D eigenvalue weighted by molar-refractivity contribution is -0.140. The van der Waals surface area contributed by atoms with E-state index in [2.05, 4.69) is 20.0 Å². The highest BCUT2D eigenvalue weighted by Gasteiger charge is 2.17. The first-order valence-corrected chi connectivity index (χ1v) is 22.0. The maximum absolute atomic E-state index is 12.7. The van der Waals surface area contributed by atoms with Crippen molar-refractivity contribution in [3.63, 3.8) is 0 Å². The van der Waals surface area contributed by atoms with Crippen LogP contribution in [0, 0.1) is 13.8 Å². The average molecular weight is 899 g/mol. The molecule has 0 aliphatic heterocycles. The number of hydrogen-bond acceptors (Lipinski definition) is 11. The molecule has 2 aromatic heterocycles. The second-order valence-electron chi connectivity index (χ2n) is 15.0. The lowest BCUT2D eigenvalue weighted by Gasteiger charge is -2.21. The smallest absolute Gasteiger partial charge is 0.415 e. The average Bonchev–Trinajstić information content (AvgIpc) is 3.90. The summed E-state index contributed by atoms with van der Waals surface area (Å²) in [5.74, 6) is 4.67. The molecule has 5 aromatic carbocycles. The Labute approximate surface area is 385 Å². The van der Waals surface area contributed by atoms with Crippen LogP contribution in [0.2, 0.25) is 5.02 Å². The molecule has 1 amide bonds. The summed E-state index contributed by atoms with van der Waals surface area (Å²) in [5, 5.41) is 3.73. The van der Waals surface area contributed by atoms with Crippen LogP contribution < -0.4 is 19.5 Å². The van der Waals surface area contributed by atoms with E-state index in [4.69, 9.17) is 34.6 Å². The fourth-order valence-electron chi connectivity index (χ4n) is 6.60. The van der Waals surface area contributed by atoms with Gasteiger partial charge < -0.3 is 38.0 Å². The van der Waals surface area contributed by atoms with Gasteiger partial charge in [0.05, 0.1) is 38.1 Å². The van der Waals surface area contributed by atoms with Gasteiger partial charge in [0.2, 0.25) is 11.8 Å². The van der Waals surface area contributed by atoms with Gasteiger partial charge in [0.15, 0.2) is 0 Å². The highest BCUT2D eigenvalue weighted by atomic mass is 35.5. The third-order valence-corrected chi connectivity index (χ3v) is 10.3. The number of nitrogens with one attached hydrogen (secondary N) is 1. The molecule has 65 heavy (non-hydrogen) atoms. The van der Waals surface area contributed by atoms with Crippen molar-refractivity contribution >= 4 is 23.7 Å². The number of hydrogen-bond donors (Lipinski definition) is 1. The summed E-state index contributed by atoms with van der Waals surface area (Å²) in [4.78, 5) is 34.7. The first-order chi connectivity index (χ1) is 31.7. The number of rotatable bonds is 20. The predicted molar refractivity (Wildman–Crippen MR) is 251 cm³/mol. The molecule has 7 aromatic rings. The molecule has 13 heteroatoms. The Morgan fingerprint density at radius 2 is 1.22 bits per heavy atom. The largest absolute Gasteiger partial charge is 0.493 e. The van der Waals surface area contributed by atoms with Crippen LogP contribution in [0.15, 0.2) is 142 Å². The van der Waals surface area contributed by atoms with Crippen LogP contribution >= 0.6 is 11.6 Å². The van der Waals surface area contributed by atoms with Crippen LogP contribution in [0.5, 0.6) is 17.2 Å². The first kappa shape index (κ1) is 47.6. The highest BCUT2D eigenvalue weighted by Crippen LogP contribution is 2.24. The third kappa shape index (κ3) is 15.1. The van der Waals surface area contributed by atoms with Gasteiger partial charge in [-0.25, -0.2) is 14.8 Å². The number of oxazole rings is 2. The Morgan fingerprint density at radius 1 is 0.677 bits per heavy atom. The van der Waals surface area contributed by atoms with Crippen molar-refractivity contribution in [3.05, 3.63) is 173 Å². The van der Waals surface area contributed by atoms with E-state index in [-0.39, 0.29) is 5.97 Å². The zero-order valence-electron chi connectivity index (χ0n) is 37.3. The third-order valence-electron chi connectivity index (χ3n) is 10.1. The predicted octanol–water partition coefficient (Wildman–Crippen LogP) is 11.3. The lowest BCUT2D eigenvalue weighted by Crippen LogP contribution is -2.33. The van der Waals surface area contributed by atoms with Crippen molar-refractivity contribution in [3.8, 4) is 40.2 Å². The second kappa shape index (κ2) is 24.8. The van der Waals surface area contributed by atoms with Crippen molar-refractivity contribution in [2.24, 2.45) is 0 Å². The first-order valence-electron chi connectivity index (χ1n) is 21.6. The summed E-state index contributed by atoms with van der Waals surface area (Å²) in [5.41, 5.74) is 5.84. The molecule has 0 atom stereocenters. The number of esters is 1. The molecule has 0 unspecified atom stereocenters. The molecule has 0 spiro atoms. The summed E-state index contributed by atoms with van der Waals surface area (Å²) in [6.07, 6.45) is 2.10. The number of carbonyl (C=O) groups excluding carboxylic acids is 2. The van der Waals surface area contributed by atoms with Gasteiger partial charge in [0.25, 0.3) is 0 Å². The summed E-state index contributed by atoms with van der Waals surface area (Å²) in [6, 6.07) is 42.2. The summed E-state index contributed by atoms with van der Waals surface area (Å²) < 4.78 is 33.5. The normalized spacial score (nSPS) is 10.7. The Kier molecular flexibility index (Phi) is 18.2. The van der Waals surface area contributed by atoms with E-state index in [1.54, 1.807) is 29.2 Å². The van der Waals surface area contributed by atoms with Crippen molar-refractivity contribution in [1.29, 1.82) is 0 Å². The molecule has 0 aliphatic rings. The van der Waals surface area contributed by atoms with Crippen LogP contribution in [-0.2, 0) is 35.5 Å². The van der Waals surface area contributed by atoms with Crippen LogP contribution in [0.4, 0.5) is 4.79 Å². The molecule has 1 N–H and O–H groups in total. The molecule has 0 radical (unpaired) electrons. The van der Waals surface area contributed by atoms with Gasteiger partial charge in [-0.15, -0.1) is 0 Å². The number of amides is 1. The number of aromatic nitrogens is 2. The standard InChI is InChI=1S/C29H29ClN2O4.C23H26N2O4/c1-3-17-32(29(33)36-26-11-7-10-24(30)19-26)20-22-12-14-25(15-13-22)34-18-16-27-21(2)35-28(31-27)23-8-5-4-6-9-23;1-17-21(25-23(29-17)19-6-4-3-5-7-19)13-15-28-20-10-8-18(9-11-20)16-24-14-12-22(26)27-2/h4-15,19H,3,16-18,20H2,1-2H3;3-11,24H,12-16H2,1-2H3. The van der Waals surface area contributed by atoms with Crippen LogP contribution in [-0.4, -0.2) is 60.3 Å². The second-order valence-corrected chi connectivity index (χ2v) is 15.4. The quantitative estimate of drug-likeness (QED) is 0.0578. The topological polar surface area (TPSA) is 138 Å². The van der Waals surface area contributed by atoms with Gasteiger partial charge in [-0.05, 0) is 98.1 Å².